The van der Waals surface area contributed by atoms with Crippen molar-refractivity contribution < 1.29 is 9.59 Å². The summed E-state index contributed by atoms with van der Waals surface area (Å²) in [5.41, 5.74) is 4.78. The Labute approximate surface area is 184 Å². The predicted octanol–water partition coefficient (Wildman–Crippen LogP) is 4.87. The van der Waals surface area contributed by atoms with Crippen LogP contribution in [-0.2, 0) is 6.42 Å². The van der Waals surface area contributed by atoms with Crippen LogP contribution in [0.3, 0.4) is 0 Å². The summed E-state index contributed by atoms with van der Waals surface area (Å²) in [4.78, 5) is 28.1. The van der Waals surface area contributed by atoms with Crippen LogP contribution in [0.5, 0.6) is 0 Å². The second-order valence-corrected chi connectivity index (χ2v) is 8.55. The maximum atomic E-state index is 11.8. The maximum Gasteiger partial charge on any atom is 0.259 e. The largest absolute Gasteiger partial charge is 0.360 e. The van der Waals surface area contributed by atoms with E-state index in [9.17, 15) is 14.9 Å². The molecule has 3 aromatic rings. The SMILES string of the molecule is CC(C)Cc1ccc(-c2csc(/C(C#N)=C/Nc3ccc4c(c3)C(=O)NC4=O)n2)cc1. The van der Waals surface area contributed by atoms with Gasteiger partial charge in [0.15, 0.2) is 0 Å². The fraction of sp³-hybridized carbons (Fsp3) is 0.167. The molecule has 0 radical (unpaired) electrons. The van der Waals surface area contributed by atoms with Crippen molar-refractivity contribution in [3.63, 3.8) is 0 Å². The average Bonchev–Trinajstić information content (AvgIpc) is 3.34. The maximum absolute atomic E-state index is 11.8. The van der Waals surface area contributed by atoms with Crippen molar-refractivity contribution in [1.29, 1.82) is 5.26 Å². The summed E-state index contributed by atoms with van der Waals surface area (Å²) in [7, 11) is 0. The van der Waals surface area contributed by atoms with Crippen LogP contribution in [0.2, 0.25) is 0 Å². The van der Waals surface area contributed by atoms with Gasteiger partial charge in [0.05, 0.1) is 16.8 Å². The Balaban J connectivity index is 1.51. The zero-order valence-electron chi connectivity index (χ0n) is 17.1. The molecule has 2 heterocycles. The van der Waals surface area contributed by atoms with Gasteiger partial charge in [-0.25, -0.2) is 4.98 Å². The van der Waals surface area contributed by atoms with Crippen LogP contribution in [0.15, 0.2) is 54.0 Å². The quantitative estimate of drug-likeness (QED) is 0.431. The average molecular weight is 429 g/mol. The third-order valence-corrected chi connectivity index (χ3v) is 5.74. The van der Waals surface area contributed by atoms with Gasteiger partial charge in [-0.05, 0) is 36.1 Å². The van der Waals surface area contributed by atoms with Crippen molar-refractivity contribution in [2.24, 2.45) is 5.92 Å². The van der Waals surface area contributed by atoms with Crippen LogP contribution in [0.1, 0.15) is 45.1 Å². The normalized spacial score (nSPS) is 13.2. The number of nitrogens with one attached hydrogen (secondary N) is 2. The summed E-state index contributed by atoms with van der Waals surface area (Å²) >= 11 is 1.40. The van der Waals surface area contributed by atoms with E-state index in [2.05, 4.69) is 59.8 Å². The molecular formula is C24H20N4O2S. The molecule has 7 heteroatoms. The lowest BCUT2D eigenvalue weighted by Crippen LogP contribution is -2.19. The number of aromatic nitrogens is 1. The summed E-state index contributed by atoms with van der Waals surface area (Å²) in [5.74, 6) is -0.211. The van der Waals surface area contributed by atoms with Crippen molar-refractivity contribution in [2.45, 2.75) is 20.3 Å². The third kappa shape index (κ3) is 4.39. The summed E-state index contributed by atoms with van der Waals surface area (Å²) in [6, 6.07) is 15.4. The number of nitrogens with zero attached hydrogens (tertiary/aromatic N) is 2. The molecule has 0 unspecified atom stereocenters. The van der Waals surface area contributed by atoms with Gasteiger partial charge >= 0.3 is 0 Å². The van der Waals surface area contributed by atoms with E-state index in [0.717, 1.165) is 17.7 Å². The third-order valence-electron chi connectivity index (χ3n) is 4.87. The van der Waals surface area contributed by atoms with Gasteiger partial charge < -0.3 is 5.32 Å². The summed E-state index contributed by atoms with van der Waals surface area (Å²) in [6.45, 7) is 4.39. The first-order valence-electron chi connectivity index (χ1n) is 9.86. The molecule has 0 saturated heterocycles. The molecule has 2 amide bonds. The molecule has 1 aromatic heterocycles. The van der Waals surface area contributed by atoms with Crippen LogP contribution in [0.25, 0.3) is 16.8 Å². The molecule has 4 rings (SSSR count). The molecule has 1 aliphatic rings. The monoisotopic (exact) mass is 428 g/mol. The van der Waals surface area contributed by atoms with Gasteiger partial charge in [-0.1, -0.05) is 38.1 Å². The van der Waals surface area contributed by atoms with Crippen LogP contribution >= 0.6 is 11.3 Å². The number of rotatable bonds is 6. The molecule has 31 heavy (non-hydrogen) atoms. The van der Waals surface area contributed by atoms with Crippen molar-refractivity contribution in [1.82, 2.24) is 10.3 Å². The lowest BCUT2D eigenvalue weighted by Gasteiger charge is -2.05. The molecule has 0 bridgehead atoms. The molecule has 0 atom stereocenters. The Morgan fingerprint density at radius 3 is 2.61 bits per heavy atom. The first-order chi connectivity index (χ1) is 14.9. The highest BCUT2D eigenvalue weighted by atomic mass is 32.1. The number of hydrogen-bond acceptors (Lipinski definition) is 6. The predicted molar refractivity (Wildman–Crippen MR) is 122 cm³/mol. The fourth-order valence-electron chi connectivity index (χ4n) is 3.37. The van der Waals surface area contributed by atoms with Crippen LogP contribution in [-0.4, -0.2) is 16.8 Å². The topological polar surface area (TPSA) is 94.9 Å². The van der Waals surface area contributed by atoms with Crippen molar-refractivity contribution in [3.05, 3.63) is 75.7 Å². The molecule has 2 aromatic carbocycles. The number of allylic oxidation sites excluding steroid dienone is 1. The Hall–Kier alpha value is -3.76. The van der Waals surface area contributed by atoms with E-state index in [0.29, 0.717) is 33.3 Å². The van der Waals surface area contributed by atoms with E-state index >= 15 is 0 Å². The molecule has 154 valence electrons. The van der Waals surface area contributed by atoms with E-state index in [-0.39, 0.29) is 0 Å². The molecule has 0 saturated carbocycles. The number of benzene rings is 2. The van der Waals surface area contributed by atoms with Gasteiger partial charge in [-0.15, -0.1) is 11.3 Å². The molecule has 0 aliphatic carbocycles. The van der Waals surface area contributed by atoms with Gasteiger partial charge in [0, 0.05) is 22.8 Å². The second kappa shape index (κ2) is 8.54. The second-order valence-electron chi connectivity index (χ2n) is 7.69. The fourth-order valence-corrected chi connectivity index (χ4v) is 4.16. The van der Waals surface area contributed by atoms with E-state index < -0.39 is 11.8 Å². The number of hydrogen-bond donors (Lipinski definition) is 2. The molecular weight excluding hydrogens is 408 g/mol. The highest BCUT2D eigenvalue weighted by Crippen LogP contribution is 2.27. The highest BCUT2D eigenvalue weighted by molar-refractivity contribution is 7.11. The van der Waals surface area contributed by atoms with E-state index in [1.165, 1.54) is 16.9 Å². The first kappa shape index (κ1) is 20.5. The van der Waals surface area contributed by atoms with Crippen molar-refractivity contribution in [3.8, 4) is 17.3 Å². The zero-order valence-corrected chi connectivity index (χ0v) is 17.9. The first-order valence-corrected chi connectivity index (χ1v) is 10.7. The van der Waals surface area contributed by atoms with Crippen molar-refractivity contribution >= 4 is 34.4 Å². The number of anilines is 1. The Bertz CT molecular complexity index is 1230. The van der Waals surface area contributed by atoms with E-state index in [1.54, 1.807) is 24.4 Å². The minimum atomic E-state index is -0.419. The van der Waals surface area contributed by atoms with Gasteiger partial charge in [0.25, 0.3) is 11.8 Å². The number of nitriles is 1. The van der Waals surface area contributed by atoms with Crippen molar-refractivity contribution in [2.75, 3.05) is 5.32 Å². The van der Waals surface area contributed by atoms with E-state index in [1.807, 2.05) is 5.38 Å². The molecule has 0 spiro atoms. The Morgan fingerprint density at radius 1 is 1.16 bits per heavy atom. The summed E-state index contributed by atoms with van der Waals surface area (Å²) in [6.07, 6.45) is 2.60. The van der Waals surface area contributed by atoms with E-state index in [4.69, 9.17) is 0 Å². The van der Waals surface area contributed by atoms with Gasteiger partial charge in [0.1, 0.15) is 16.6 Å². The molecule has 2 N–H and O–H groups in total. The summed E-state index contributed by atoms with van der Waals surface area (Å²) < 4.78 is 0. The number of amides is 2. The van der Waals surface area contributed by atoms with Gasteiger partial charge in [-0.3, -0.25) is 14.9 Å². The van der Waals surface area contributed by atoms with Crippen LogP contribution in [0, 0.1) is 17.2 Å². The number of thiazole rings is 1. The van der Waals surface area contributed by atoms with Crippen LogP contribution < -0.4 is 10.6 Å². The lowest BCUT2D eigenvalue weighted by molar-refractivity contribution is 0.0879. The number of fused-ring (bicyclic) bond motifs is 1. The molecule has 0 fully saturated rings. The molecule has 1 aliphatic heterocycles. The van der Waals surface area contributed by atoms with Crippen LogP contribution in [0.4, 0.5) is 5.69 Å². The Morgan fingerprint density at radius 2 is 1.90 bits per heavy atom. The smallest absolute Gasteiger partial charge is 0.259 e. The Kier molecular flexibility index (Phi) is 5.65. The number of carbonyl (C=O) groups excluding carboxylic acids is 2. The lowest BCUT2D eigenvalue weighted by atomic mass is 10.0. The standard InChI is InChI=1S/C24H20N4O2S/c1-14(2)9-15-3-5-16(6-4-15)21-13-31-24(27-21)17(11-25)12-26-18-7-8-19-20(10-18)23(30)28-22(19)29/h3-8,10,12-14,26H,9H2,1-2H3,(H,28,29,30)/b17-12+. The van der Waals surface area contributed by atoms with Gasteiger partial charge in [-0.2, -0.15) is 5.26 Å². The highest BCUT2D eigenvalue weighted by Gasteiger charge is 2.26. The number of imide groups is 1. The summed E-state index contributed by atoms with van der Waals surface area (Å²) in [5, 5.41) is 17.4. The zero-order chi connectivity index (χ0) is 22.0. The minimum absolute atomic E-state index is 0.319. The van der Waals surface area contributed by atoms with Gasteiger partial charge in [0.2, 0.25) is 0 Å². The minimum Gasteiger partial charge on any atom is -0.360 e. The number of carbonyl (C=O) groups is 2. The molecule has 6 nitrogen and oxygen atoms in total.